The number of alkyl halides is 2. The Balaban J connectivity index is 2.18. The number of nitrogens with zero attached hydrogens (tertiary/aromatic N) is 1. The summed E-state index contributed by atoms with van der Waals surface area (Å²) in [7, 11) is 3.06. The van der Waals surface area contributed by atoms with E-state index in [0.717, 1.165) is 16.8 Å². The zero-order valence-electron chi connectivity index (χ0n) is 15.1. The van der Waals surface area contributed by atoms with Gasteiger partial charge in [0.25, 0.3) is 5.91 Å². The fraction of sp³-hybridized carbons (Fsp3) is 0.250. The molecule has 138 valence electrons. The number of carbonyl (C=O) groups excluding carboxylic acids is 1. The smallest absolute Gasteiger partial charge is 0.387 e. The van der Waals surface area contributed by atoms with E-state index in [9.17, 15) is 13.6 Å². The maximum atomic E-state index is 12.4. The summed E-state index contributed by atoms with van der Waals surface area (Å²) in [5, 5.41) is 0. The molecule has 0 heterocycles. The molecule has 1 amide bonds. The molecule has 0 saturated carbocycles. The van der Waals surface area contributed by atoms with Gasteiger partial charge in [-0.25, -0.2) is 0 Å². The molecule has 2 aromatic carbocycles. The van der Waals surface area contributed by atoms with Gasteiger partial charge in [0.2, 0.25) is 0 Å². The molecule has 0 unspecified atom stereocenters. The molecule has 0 aliphatic carbocycles. The molecule has 6 heteroatoms. The van der Waals surface area contributed by atoms with E-state index < -0.39 is 6.61 Å². The Morgan fingerprint density at radius 2 is 1.88 bits per heavy atom. The largest absolute Gasteiger partial charge is 0.493 e. The minimum Gasteiger partial charge on any atom is -0.493 e. The monoisotopic (exact) mass is 361 g/mol. The summed E-state index contributed by atoms with van der Waals surface area (Å²) in [6.45, 7) is 1.02. The van der Waals surface area contributed by atoms with Crippen molar-refractivity contribution in [3.63, 3.8) is 0 Å². The molecule has 0 atom stereocenters. The number of hydrogen-bond acceptors (Lipinski definition) is 3. The standard InChI is InChI=1S/C20H21F2NO3/c1-13-6-5-7-16(14(13)2)23(3)19(24)11-9-15-8-10-17(26-20(21)22)18(12-15)25-4/h5-12,20H,1-4H3. The van der Waals surface area contributed by atoms with Crippen molar-refractivity contribution >= 4 is 17.7 Å². The van der Waals surface area contributed by atoms with Crippen LogP contribution >= 0.6 is 0 Å². The lowest BCUT2D eigenvalue weighted by Crippen LogP contribution is -2.24. The zero-order valence-corrected chi connectivity index (χ0v) is 15.1. The molecular weight excluding hydrogens is 340 g/mol. The molecule has 0 saturated heterocycles. The Kier molecular flexibility index (Phi) is 6.33. The lowest BCUT2D eigenvalue weighted by Gasteiger charge is -2.19. The van der Waals surface area contributed by atoms with Crippen LogP contribution < -0.4 is 14.4 Å². The third-order valence-electron chi connectivity index (χ3n) is 4.09. The van der Waals surface area contributed by atoms with Crippen LogP contribution in [0, 0.1) is 13.8 Å². The number of anilines is 1. The third kappa shape index (κ3) is 4.59. The predicted octanol–water partition coefficient (Wildman–Crippen LogP) is 4.59. The minimum absolute atomic E-state index is 0.0570. The molecule has 0 N–H and O–H groups in total. The summed E-state index contributed by atoms with van der Waals surface area (Å²) in [4.78, 5) is 14.0. The first-order valence-corrected chi connectivity index (χ1v) is 7.98. The first-order valence-electron chi connectivity index (χ1n) is 7.98. The first kappa shape index (κ1) is 19.4. The molecular formula is C20H21F2NO3. The maximum absolute atomic E-state index is 12.4. The summed E-state index contributed by atoms with van der Waals surface area (Å²) in [5.41, 5.74) is 3.60. The minimum atomic E-state index is -2.93. The molecule has 4 nitrogen and oxygen atoms in total. The number of methoxy groups -OCH3 is 1. The van der Waals surface area contributed by atoms with E-state index in [-0.39, 0.29) is 17.4 Å². The molecule has 0 aliphatic rings. The number of benzene rings is 2. The van der Waals surface area contributed by atoms with Gasteiger partial charge in [-0.1, -0.05) is 18.2 Å². The highest BCUT2D eigenvalue weighted by atomic mass is 19.3. The van der Waals surface area contributed by atoms with E-state index in [2.05, 4.69) is 4.74 Å². The highest BCUT2D eigenvalue weighted by molar-refractivity contribution is 6.04. The number of amides is 1. The lowest BCUT2D eigenvalue weighted by atomic mass is 10.1. The Bertz CT molecular complexity index is 819. The Hall–Kier alpha value is -2.89. The van der Waals surface area contributed by atoms with Crippen LogP contribution in [0.15, 0.2) is 42.5 Å². The van der Waals surface area contributed by atoms with Crippen LogP contribution in [-0.4, -0.2) is 26.7 Å². The fourth-order valence-electron chi connectivity index (χ4n) is 2.48. The van der Waals surface area contributed by atoms with Gasteiger partial charge < -0.3 is 14.4 Å². The van der Waals surface area contributed by atoms with Gasteiger partial charge in [0.1, 0.15) is 0 Å². The van der Waals surface area contributed by atoms with Crippen LogP contribution in [0.25, 0.3) is 6.08 Å². The number of rotatable bonds is 6. The van der Waals surface area contributed by atoms with Gasteiger partial charge in [-0.15, -0.1) is 0 Å². The van der Waals surface area contributed by atoms with Crippen LogP contribution in [0.5, 0.6) is 11.5 Å². The Morgan fingerprint density at radius 3 is 2.54 bits per heavy atom. The van der Waals surface area contributed by atoms with Crippen LogP contribution in [0.2, 0.25) is 0 Å². The molecule has 0 aromatic heterocycles. The average Bonchev–Trinajstić information content (AvgIpc) is 2.61. The number of aryl methyl sites for hydroxylation is 1. The highest BCUT2D eigenvalue weighted by Gasteiger charge is 2.12. The number of ether oxygens (including phenoxy) is 2. The second-order valence-electron chi connectivity index (χ2n) is 5.74. The van der Waals surface area contributed by atoms with E-state index in [1.165, 1.54) is 25.3 Å². The van der Waals surface area contributed by atoms with Crippen molar-refractivity contribution in [3.05, 3.63) is 59.2 Å². The number of carbonyl (C=O) groups is 1. The molecule has 0 spiro atoms. The topological polar surface area (TPSA) is 38.8 Å². The molecule has 2 rings (SSSR count). The van der Waals surface area contributed by atoms with E-state index in [1.54, 1.807) is 24.1 Å². The van der Waals surface area contributed by atoms with Gasteiger partial charge in [-0.05, 0) is 54.8 Å². The Morgan fingerprint density at radius 1 is 1.15 bits per heavy atom. The van der Waals surface area contributed by atoms with E-state index in [4.69, 9.17) is 4.74 Å². The van der Waals surface area contributed by atoms with Gasteiger partial charge in [-0.2, -0.15) is 8.78 Å². The van der Waals surface area contributed by atoms with E-state index in [1.807, 2.05) is 32.0 Å². The second-order valence-corrected chi connectivity index (χ2v) is 5.74. The quantitative estimate of drug-likeness (QED) is 0.707. The lowest BCUT2D eigenvalue weighted by molar-refractivity contribution is -0.113. The molecule has 0 fully saturated rings. The molecule has 0 radical (unpaired) electrons. The number of likely N-dealkylation sites (N-methyl/N-ethyl adjacent to an activating group) is 1. The summed E-state index contributed by atoms with van der Waals surface area (Å²) in [6, 6.07) is 10.2. The van der Waals surface area contributed by atoms with Crippen LogP contribution in [0.1, 0.15) is 16.7 Å². The van der Waals surface area contributed by atoms with Crippen molar-refractivity contribution in [1.82, 2.24) is 0 Å². The van der Waals surface area contributed by atoms with Crippen molar-refractivity contribution < 1.29 is 23.0 Å². The normalized spacial score (nSPS) is 11.0. The van der Waals surface area contributed by atoms with Crippen LogP contribution in [-0.2, 0) is 4.79 Å². The van der Waals surface area contributed by atoms with Crippen molar-refractivity contribution in [3.8, 4) is 11.5 Å². The molecule has 0 bridgehead atoms. The van der Waals surface area contributed by atoms with Gasteiger partial charge in [0.15, 0.2) is 11.5 Å². The third-order valence-corrected chi connectivity index (χ3v) is 4.09. The van der Waals surface area contributed by atoms with Gasteiger partial charge >= 0.3 is 6.61 Å². The van der Waals surface area contributed by atoms with Crippen molar-refractivity contribution in [2.75, 3.05) is 19.1 Å². The van der Waals surface area contributed by atoms with E-state index in [0.29, 0.717) is 5.56 Å². The van der Waals surface area contributed by atoms with Gasteiger partial charge in [-0.3, -0.25) is 4.79 Å². The van der Waals surface area contributed by atoms with Gasteiger partial charge in [0.05, 0.1) is 7.11 Å². The summed E-state index contributed by atoms with van der Waals surface area (Å²) in [5.74, 6) is -0.0909. The zero-order chi connectivity index (χ0) is 19.3. The summed E-state index contributed by atoms with van der Waals surface area (Å²) in [6.07, 6.45) is 3.02. The summed E-state index contributed by atoms with van der Waals surface area (Å²) >= 11 is 0. The van der Waals surface area contributed by atoms with Crippen LogP contribution in [0.3, 0.4) is 0 Å². The number of hydrogen-bond donors (Lipinski definition) is 0. The SMILES string of the molecule is COc1cc(C=CC(=O)N(C)c2cccc(C)c2C)ccc1OC(F)F. The van der Waals surface area contributed by atoms with Crippen LogP contribution in [0.4, 0.5) is 14.5 Å². The maximum Gasteiger partial charge on any atom is 0.387 e. The van der Waals surface area contributed by atoms with Crippen molar-refractivity contribution in [2.45, 2.75) is 20.5 Å². The summed E-state index contributed by atoms with van der Waals surface area (Å²) < 4.78 is 34.2. The van der Waals surface area contributed by atoms with E-state index >= 15 is 0 Å². The van der Waals surface area contributed by atoms with Crippen molar-refractivity contribution in [2.24, 2.45) is 0 Å². The molecule has 26 heavy (non-hydrogen) atoms. The molecule has 2 aromatic rings. The highest BCUT2D eigenvalue weighted by Crippen LogP contribution is 2.30. The first-order chi connectivity index (χ1) is 12.3. The van der Waals surface area contributed by atoms with Gasteiger partial charge in [0, 0.05) is 18.8 Å². The molecule has 0 aliphatic heterocycles. The Labute approximate surface area is 151 Å². The average molecular weight is 361 g/mol. The second kappa shape index (κ2) is 8.47. The number of halogens is 2. The fourth-order valence-corrected chi connectivity index (χ4v) is 2.48. The predicted molar refractivity (Wildman–Crippen MR) is 98.0 cm³/mol. The van der Waals surface area contributed by atoms with Crippen molar-refractivity contribution in [1.29, 1.82) is 0 Å².